The minimum absolute atomic E-state index is 0.0717. The summed E-state index contributed by atoms with van der Waals surface area (Å²) in [6.07, 6.45) is 2.80. The van der Waals surface area contributed by atoms with Crippen molar-refractivity contribution in [1.29, 1.82) is 0 Å². The van der Waals surface area contributed by atoms with Crippen LogP contribution in [0.1, 0.15) is 29.2 Å². The van der Waals surface area contributed by atoms with Crippen molar-refractivity contribution in [2.24, 2.45) is 7.05 Å². The Balaban J connectivity index is 2.23. The van der Waals surface area contributed by atoms with E-state index in [-0.39, 0.29) is 17.1 Å². The minimum atomic E-state index is -3.49. The van der Waals surface area contributed by atoms with E-state index in [0.717, 1.165) is 27.7 Å². The standard InChI is InChI=1S/C24H24FNO3S/c1-4-18-14-21(15-26(3)24(18)27)23-19(13-17-9-11-22(25)12-10-17)7-6-8-20(23)16-30(28,29)5-2/h5-12,14-15H,2,4,13,16H2,1,3H3. The molecule has 30 heavy (non-hydrogen) atoms. The molecule has 3 rings (SSSR count). The number of hydrogen-bond donors (Lipinski definition) is 0. The Morgan fingerprint density at radius 3 is 2.37 bits per heavy atom. The van der Waals surface area contributed by atoms with E-state index in [1.165, 1.54) is 16.7 Å². The van der Waals surface area contributed by atoms with Gasteiger partial charge in [0.2, 0.25) is 0 Å². The van der Waals surface area contributed by atoms with E-state index in [1.807, 2.05) is 25.1 Å². The van der Waals surface area contributed by atoms with Crippen molar-refractivity contribution in [2.75, 3.05) is 0 Å². The monoisotopic (exact) mass is 425 g/mol. The quantitative estimate of drug-likeness (QED) is 0.564. The lowest BCUT2D eigenvalue weighted by Gasteiger charge is -2.17. The predicted molar refractivity (Wildman–Crippen MR) is 119 cm³/mol. The Hall–Kier alpha value is -2.99. The van der Waals surface area contributed by atoms with E-state index in [4.69, 9.17) is 0 Å². The van der Waals surface area contributed by atoms with E-state index >= 15 is 0 Å². The van der Waals surface area contributed by atoms with Gasteiger partial charge in [-0.2, -0.15) is 0 Å². The van der Waals surface area contributed by atoms with Crippen molar-refractivity contribution in [3.63, 3.8) is 0 Å². The second-order valence-electron chi connectivity index (χ2n) is 7.25. The number of aromatic nitrogens is 1. The maximum absolute atomic E-state index is 13.3. The zero-order valence-corrected chi connectivity index (χ0v) is 17.9. The molecule has 0 N–H and O–H groups in total. The average Bonchev–Trinajstić information content (AvgIpc) is 2.72. The summed E-state index contributed by atoms with van der Waals surface area (Å²) in [5.41, 5.74) is 4.58. The van der Waals surface area contributed by atoms with Gasteiger partial charge in [0, 0.05) is 24.2 Å². The molecule has 0 radical (unpaired) electrons. The summed E-state index contributed by atoms with van der Waals surface area (Å²) in [5, 5.41) is 0.960. The Morgan fingerprint density at radius 1 is 1.07 bits per heavy atom. The molecule has 0 unspecified atom stereocenters. The first-order chi connectivity index (χ1) is 14.2. The summed E-state index contributed by atoms with van der Waals surface area (Å²) >= 11 is 0. The van der Waals surface area contributed by atoms with Gasteiger partial charge in [-0.1, -0.05) is 43.8 Å². The van der Waals surface area contributed by atoms with Crippen LogP contribution >= 0.6 is 0 Å². The van der Waals surface area contributed by atoms with Gasteiger partial charge in [-0.25, -0.2) is 12.8 Å². The van der Waals surface area contributed by atoms with Crippen molar-refractivity contribution in [2.45, 2.75) is 25.5 Å². The van der Waals surface area contributed by atoms with Crippen LogP contribution in [0, 0.1) is 5.82 Å². The molecule has 6 heteroatoms. The molecular weight excluding hydrogens is 401 g/mol. The lowest BCUT2D eigenvalue weighted by molar-refractivity contribution is 0.604. The molecule has 0 saturated heterocycles. The number of nitrogens with zero attached hydrogens (tertiary/aromatic N) is 1. The van der Waals surface area contributed by atoms with Crippen molar-refractivity contribution < 1.29 is 12.8 Å². The second-order valence-corrected chi connectivity index (χ2v) is 9.20. The predicted octanol–water partition coefficient (Wildman–Crippen LogP) is 4.40. The van der Waals surface area contributed by atoms with Crippen molar-refractivity contribution in [3.05, 3.63) is 105 Å². The fraction of sp³-hybridized carbons (Fsp3) is 0.208. The SMILES string of the molecule is C=CS(=O)(=O)Cc1cccc(Cc2ccc(F)cc2)c1-c1cc(CC)c(=O)n(C)c1. The molecule has 0 saturated carbocycles. The third-order valence-electron chi connectivity index (χ3n) is 5.08. The largest absolute Gasteiger partial charge is 0.318 e. The second kappa shape index (κ2) is 8.79. The Morgan fingerprint density at radius 2 is 1.73 bits per heavy atom. The van der Waals surface area contributed by atoms with Crippen LogP contribution in [0.4, 0.5) is 4.39 Å². The van der Waals surface area contributed by atoms with E-state index < -0.39 is 9.84 Å². The van der Waals surface area contributed by atoms with Gasteiger partial charge in [-0.3, -0.25) is 4.79 Å². The molecule has 1 heterocycles. The van der Waals surface area contributed by atoms with E-state index in [1.54, 1.807) is 31.4 Å². The number of pyridine rings is 1. The summed E-state index contributed by atoms with van der Waals surface area (Å²) in [6.45, 7) is 5.32. The highest BCUT2D eigenvalue weighted by atomic mass is 32.2. The fourth-order valence-corrected chi connectivity index (χ4v) is 4.35. The normalized spacial score (nSPS) is 11.4. The zero-order valence-electron chi connectivity index (χ0n) is 17.1. The van der Waals surface area contributed by atoms with Crippen LogP contribution in [0.25, 0.3) is 11.1 Å². The summed E-state index contributed by atoms with van der Waals surface area (Å²) in [5.74, 6) is -0.497. The maximum Gasteiger partial charge on any atom is 0.253 e. The van der Waals surface area contributed by atoms with Gasteiger partial charge in [-0.05, 0) is 58.9 Å². The van der Waals surface area contributed by atoms with Crippen LogP contribution < -0.4 is 5.56 Å². The van der Waals surface area contributed by atoms with E-state index in [2.05, 4.69) is 6.58 Å². The smallest absolute Gasteiger partial charge is 0.253 e. The van der Waals surface area contributed by atoms with Crippen molar-refractivity contribution in [1.82, 2.24) is 4.57 Å². The van der Waals surface area contributed by atoms with Crippen LogP contribution in [0.3, 0.4) is 0 Å². The fourth-order valence-electron chi connectivity index (χ4n) is 3.56. The highest BCUT2D eigenvalue weighted by molar-refractivity contribution is 7.93. The molecule has 0 atom stereocenters. The highest BCUT2D eigenvalue weighted by Gasteiger charge is 2.17. The number of rotatable bonds is 7. The molecule has 2 aromatic carbocycles. The molecule has 0 amide bonds. The van der Waals surface area contributed by atoms with Gasteiger partial charge in [-0.15, -0.1) is 0 Å². The third-order valence-corrected chi connectivity index (χ3v) is 6.30. The highest BCUT2D eigenvalue weighted by Crippen LogP contribution is 2.31. The topological polar surface area (TPSA) is 56.1 Å². The summed E-state index contributed by atoms with van der Waals surface area (Å²) in [6, 6.07) is 13.6. The molecule has 0 aliphatic rings. The number of aryl methyl sites for hydroxylation is 2. The molecule has 0 aliphatic carbocycles. The van der Waals surface area contributed by atoms with Gasteiger partial charge >= 0.3 is 0 Å². The summed E-state index contributed by atoms with van der Waals surface area (Å²) in [4.78, 5) is 12.4. The molecule has 0 spiro atoms. The lowest BCUT2D eigenvalue weighted by Crippen LogP contribution is -2.20. The van der Waals surface area contributed by atoms with Gasteiger partial charge in [0.1, 0.15) is 5.82 Å². The first-order valence-corrected chi connectivity index (χ1v) is 11.4. The molecule has 0 bridgehead atoms. The zero-order chi connectivity index (χ0) is 21.9. The molecule has 0 fully saturated rings. The number of benzene rings is 2. The van der Waals surface area contributed by atoms with Gasteiger partial charge < -0.3 is 4.57 Å². The van der Waals surface area contributed by atoms with Gasteiger partial charge in [0.25, 0.3) is 5.56 Å². The number of hydrogen-bond acceptors (Lipinski definition) is 3. The minimum Gasteiger partial charge on any atom is -0.318 e. The van der Waals surface area contributed by atoms with E-state index in [0.29, 0.717) is 24.0 Å². The van der Waals surface area contributed by atoms with Crippen LogP contribution in [0.15, 0.2) is 71.5 Å². The molecule has 4 nitrogen and oxygen atoms in total. The lowest BCUT2D eigenvalue weighted by atomic mass is 9.91. The van der Waals surface area contributed by atoms with Crippen LogP contribution in [0.2, 0.25) is 0 Å². The van der Waals surface area contributed by atoms with Crippen LogP contribution in [-0.2, 0) is 35.5 Å². The number of sulfone groups is 1. The van der Waals surface area contributed by atoms with Crippen molar-refractivity contribution >= 4 is 9.84 Å². The Kier molecular flexibility index (Phi) is 6.37. The third kappa shape index (κ3) is 4.76. The van der Waals surface area contributed by atoms with E-state index in [9.17, 15) is 17.6 Å². The molecular formula is C24H24FNO3S. The maximum atomic E-state index is 13.3. The number of halogens is 1. The van der Waals surface area contributed by atoms with Crippen LogP contribution in [0.5, 0.6) is 0 Å². The Labute approximate surface area is 176 Å². The van der Waals surface area contributed by atoms with Crippen LogP contribution in [-0.4, -0.2) is 13.0 Å². The summed E-state index contributed by atoms with van der Waals surface area (Å²) < 4.78 is 39.4. The first kappa shape index (κ1) is 21.7. The van der Waals surface area contributed by atoms with Crippen molar-refractivity contribution in [3.8, 4) is 11.1 Å². The summed E-state index contributed by atoms with van der Waals surface area (Å²) in [7, 11) is -1.80. The van der Waals surface area contributed by atoms with Gasteiger partial charge in [0.15, 0.2) is 9.84 Å². The molecule has 1 aromatic heterocycles. The molecule has 156 valence electrons. The molecule has 3 aromatic rings. The Bertz CT molecular complexity index is 1240. The average molecular weight is 426 g/mol. The molecule has 0 aliphatic heterocycles. The first-order valence-electron chi connectivity index (χ1n) is 9.64. The van der Waals surface area contributed by atoms with Gasteiger partial charge in [0.05, 0.1) is 5.75 Å².